The van der Waals surface area contributed by atoms with Crippen LogP contribution in [0.2, 0.25) is 5.02 Å². The van der Waals surface area contributed by atoms with Crippen molar-refractivity contribution in [1.82, 2.24) is 0 Å². The number of nitrogens with one attached hydrogen (secondary N) is 1. The molecule has 1 aliphatic carbocycles. The van der Waals surface area contributed by atoms with Gasteiger partial charge in [-0.3, -0.25) is 0 Å². The van der Waals surface area contributed by atoms with Crippen LogP contribution in [-0.2, 0) is 6.42 Å². The van der Waals surface area contributed by atoms with E-state index in [2.05, 4.69) is 27.3 Å². The minimum Gasteiger partial charge on any atom is -0.495 e. The summed E-state index contributed by atoms with van der Waals surface area (Å²) in [5.41, 5.74) is 2.47. The van der Waals surface area contributed by atoms with Gasteiger partial charge in [0, 0.05) is 16.6 Å². The summed E-state index contributed by atoms with van der Waals surface area (Å²) in [6.45, 7) is 0. The van der Waals surface area contributed by atoms with Gasteiger partial charge < -0.3 is 10.1 Å². The highest BCUT2D eigenvalue weighted by atomic mass is 79.9. The van der Waals surface area contributed by atoms with Crippen molar-refractivity contribution in [3.63, 3.8) is 0 Å². The molecule has 0 radical (unpaired) electrons. The van der Waals surface area contributed by atoms with Gasteiger partial charge in [-0.15, -0.1) is 11.3 Å². The van der Waals surface area contributed by atoms with Crippen LogP contribution in [0.1, 0.15) is 29.3 Å². The zero-order valence-corrected chi connectivity index (χ0v) is 14.2. The molecule has 1 heterocycles. The smallest absolute Gasteiger partial charge is 0.139 e. The maximum absolute atomic E-state index is 6.07. The first kappa shape index (κ1) is 14.2. The average Bonchev–Trinajstić information content (AvgIpc) is 2.82. The van der Waals surface area contributed by atoms with Crippen LogP contribution in [0.25, 0.3) is 0 Å². The second-order valence-electron chi connectivity index (χ2n) is 4.87. The van der Waals surface area contributed by atoms with Crippen LogP contribution in [0.15, 0.2) is 28.1 Å². The van der Waals surface area contributed by atoms with Crippen molar-refractivity contribution in [2.45, 2.75) is 25.3 Å². The van der Waals surface area contributed by atoms with Crippen LogP contribution < -0.4 is 10.1 Å². The molecule has 2 nitrogen and oxygen atoms in total. The summed E-state index contributed by atoms with van der Waals surface area (Å²) < 4.78 is 6.48. The molecule has 5 heteroatoms. The molecule has 1 unspecified atom stereocenters. The van der Waals surface area contributed by atoms with E-state index in [0.717, 1.165) is 12.1 Å². The number of aryl methyl sites for hydroxylation is 1. The fourth-order valence-corrected chi connectivity index (χ4v) is 4.64. The number of anilines is 1. The molecular weight excluding hydrogens is 358 g/mol. The van der Waals surface area contributed by atoms with Gasteiger partial charge >= 0.3 is 0 Å². The fourth-order valence-electron chi connectivity index (χ4n) is 2.62. The van der Waals surface area contributed by atoms with Gasteiger partial charge in [-0.1, -0.05) is 11.6 Å². The number of thiophene rings is 1. The van der Waals surface area contributed by atoms with Gasteiger partial charge in [-0.25, -0.2) is 0 Å². The lowest BCUT2D eigenvalue weighted by molar-refractivity contribution is 0.415. The van der Waals surface area contributed by atoms with E-state index in [0.29, 0.717) is 16.8 Å². The molecule has 0 saturated carbocycles. The van der Waals surface area contributed by atoms with Gasteiger partial charge in [-0.05, 0) is 59.0 Å². The summed E-state index contributed by atoms with van der Waals surface area (Å²) in [6.07, 6.45) is 3.57. The Morgan fingerprint density at radius 3 is 3.05 bits per heavy atom. The van der Waals surface area contributed by atoms with Gasteiger partial charge in [0.15, 0.2) is 0 Å². The number of benzene rings is 1. The second-order valence-corrected chi connectivity index (χ2v) is 7.79. The first-order valence-corrected chi connectivity index (χ1v) is 8.54. The van der Waals surface area contributed by atoms with Crippen LogP contribution in [0.3, 0.4) is 0 Å². The minimum atomic E-state index is 0.368. The lowest BCUT2D eigenvalue weighted by atomic mass is 9.94. The van der Waals surface area contributed by atoms with Crippen molar-refractivity contribution >= 4 is 44.6 Å². The van der Waals surface area contributed by atoms with E-state index >= 15 is 0 Å². The Bertz CT molecular complexity index is 628. The predicted molar refractivity (Wildman–Crippen MR) is 89.3 cm³/mol. The second kappa shape index (κ2) is 5.96. The van der Waals surface area contributed by atoms with E-state index in [-0.39, 0.29) is 0 Å². The summed E-state index contributed by atoms with van der Waals surface area (Å²) in [6, 6.07) is 8.44. The van der Waals surface area contributed by atoms with Gasteiger partial charge in [0.1, 0.15) is 5.75 Å². The number of hydrogen-bond acceptors (Lipinski definition) is 3. The van der Waals surface area contributed by atoms with Crippen LogP contribution in [-0.4, -0.2) is 7.11 Å². The normalized spacial score (nSPS) is 17.6. The van der Waals surface area contributed by atoms with E-state index in [1.54, 1.807) is 7.11 Å². The SMILES string of the molecule is COc1cc(NC2CCCc3sc(Br)cc32)ccc1Cl. The predicted octanol–water partition coefficient (Wildman–Crippen LogP) is 5.66. The Balaban J connectivity index is 1.85. The number of halogens is 2. The van der Waals surface area contributed by atoms with Gasteiger partial charge in [0.2, 0.25) is 0 Å². The third-order valence-electron chi connectivity index (χ3n) is 3.58. The monoisotopic (exact) mass is 371 g/mol. The molecule has 1 atom stereocenters. The lowest BCUT2D eigenvalue weighted by Gasteiger charge is -2.25. The molecule has 0 spiro atoms. The van der Waals surface area contributed by atoms with Crippen LogP contribution in [0, 0.1) is 0 Å². The largest absolute Gasteiger partial charge is 0.495 e. The maximum atomic E-state index is 6.07. The summed E-state index contributed by atoms with van der Waals surface area (Å²) in [7, 11) is 1.64. The maximum Gasteiger partial charge on any atom is 0.139 e. The van der Waals surface area contributed by atoms with Crippen molar-refractivity contribution in [2.24, 2.45) is 0 Å². The van der Waals surface area contributed by atoms with Gasteiger partial charge in [-0.2, -0.15) is 0 Å². The number of hydrogen-bond donors (Lipinski definition) is 1. The summed E-state index contributed by atoms with van der Waals surface area (Å²) in [5, 5.41) is 4.24. The molecule has 1 N–H and O–H groups in total. The summed E-state index contributed by atoms with van der Waals surface area (Å²) in [4.78, 5) is 1.49. The molecule has 106 valence electrons. The number of methoxy groups -OCH3 is 1. The van der Waals surface area contributed by atoms with Crippen LogP contribution >= 0.6 is 38.9 Å². The van der Waals surface area contributed by atoms with Gasteiger partial charge in [0.25, 0.3) is 0 Å². The molecule has 3 rings (SSSR count). The van der Waals surface area contributed by atoms with Gasteiger partial charge in [0.05, 0.1) is 22.0 Å². The molecule has 1 aliphatic rings. The Morgan fingerprint density at radius 2 is 2.25 bits per heavy atom. The Kier molecular flexibility index (Phi) is 4.24. The third kappa shape index (κ3) is 2.83. The quantitative estimate of drug-likeness (QED) is 0.750. The number of ether oxygens (including phenoxy) is 1. The molecule has 1 aromatic heterocycles. The first-order chi connectivity index (χ1) is 9.67. The van der Waals surface area contributed by atoms with E-state index in [1.165, 1.54) is 27.1 Å². The van der Waals surface area contributed by atoms with Crippen LogP contribution in [0.4, 0.5) is 5.69 Å². The molecule has 0 aliphatic heterocycles. The van der Waals surface area contributed by atoms with E-state index < -0.39 is 0 Å². The minimum absolute atomic E-state index is 0.368. The molecule has 1 aromatic carbocycles. The number of fused-ring (bicyclic) bond motifs is 1. The summed E-state index contributed by atoms with van der Waals surface area (Å²) in [5.74, 6) is 0.708. The standard InChI is InChI=1S/C15H15BrClNOS/c1-19-13-7-9(5-6-11(13)17)18-12-3-2-4-14-10(12)8-15(16)20-14/h5-8,12,18H,2-4H2,1H3. The molecule has 0 saturated heterocycles. The van der Waals surface area contributed by atoms with Crippen molar-refractivity contribution < 1.29 is 4.74 Å². The zero-order chi connectivity index (χ0) is 14.1. The van der Waals surface area contributed by atoms with Crippen molar-refractivity contribution in [3.05, 3.63) is 43.5 Å². The first-order valence-electron chi connectivity index (χ1n) is 6.55. The molecule has 20 heavy (non-hydrogen) atoms. The van der Waals surface area contributed by atoms with Crippen molar-refractivity contribution in [1.29, 1.82) is 0 Å². The summed E-state index contributed by atoms with van der Waals surface area (Å²) >= 11 is 11.5. The van der Waals surface area contributed by atoms with Crippen LogP contribution in [0.5, 0.6) is 5.75 Å². The molecular formula is C15H15BrClNOS. The highest BCUT2D eigenvalue weighted by molar-refractivity contribution is 9.11. The van der Waals surface area contributed by atoms with E-state index in [1.807, 2.05) is 29.5 Å². The molecule has 0 amide bonds. The Hall–Kier alpha value is -0.710. The highest BCUT2D eigenvalue weighted by Gasteiger charge is 2.22. The number of rotatable bonds is 3. The fraction of sp³-hybridized carbons (Fsp3) is 0.333. The van der Waals surface area contributed by atoms with Crippen molar-refractivity contribution in [2.75, 3.05) is 12.4 Å². The topological polar surface area (TPSA) is 21.3 Å². The highest BCUT2D eigenvalue weighted by Crippen LogP contribution is 2.40. The molecule has 0 bridgehead atoms. The zero-order valence-electron chi connectivity index (χ0n) is 11.1. The Morgan fingerprint density at radius 1 is 1.40 bits per heavy atom. The average molecular weight is 373 g/mol. The van der Waals surface area contributed by atoms with Crippen molar-refractivity contribution in [3.8, 4) is 5.75 Å². The lowest BCUT2D eigenvalue weighted by Crippen LogP contribution is -2.15. The molecule has 0 fully saturated rings. The molecule has 2 aromatic rings. The Labute approximate surface area is 136 Å². The van der Waals surface area contributed by atoms with E-state index in [9.17, 15) is 0 Å². The van der Waals surface area contributed by atoms with E-state index in [4.69, 9.17) is 16.3 Å². The third-order valence-corrected chi connectivity index (χ3v) is 5.60.